The molecular formula is C20H21FN2O4. The summed E-state index contributed by atoms with van der Waals surface area (Å²) in [6.45, 7) is 2.46. The van der Waals surface area contributed by atoms with E-state index in [2.05, 4.69) is 5.32 Å². The fraction of sp³-hybridized carbons (Fsp3) is 0.300. The van der Waals surface area contributed by atoms with Crippen LogP contribution in [0, 0.1) is 5.82 Å². The van der Waals surface area contributed by atoms with E-state index in [0.29, 0.717) is 42.4 Å². The second kappa shape index (κ2) is 8.53. The lowest BCUT2D eigenvalue weighted by atomic mass is 10.1. The second-order valence-corrected chi connectivity index (χ2v) is 6.12. The van der Waals surface area contributed by atoms with Crippen molar-refractivity contribution in [1.82, 2.24) is 5.32 Å². The summed E-state index contributed by atoms with van der Waals surface area (Å²) in [5.74, 6) is 0.272. The van der Waals surface area contributed by atoms with E-state index in [9.17, 15) is 14.0 Å². The van der Waals surface area contributed by atoms with Gasteiger partial charge in [-0.1, -0.05) is 18.2 Å². The van der Waals surface area contributed by atoms with Crippen molar-refractivity contribution in [1.29, 1.82) is 0 Å². The maximum Gasteiger partial charge on any atom is 0.240 e. The predicted octanol–water partition coefficient (Wildman–Crippen LogP) is 2.31. The number of amides is 2. The van der Waals surface area contributed by atoms with E-state index < -0.39 is 0 Å². The van der Waals surface area contributed by atoms with Crippen molar-refractivity contribution in [3.8, 4) is 11.5 Å². The lowest BCUT2D eigenvalue weighted by Gasteiger charge is -2.24. The Morgan fingerprint density at radius 3 is 2.59 bits per heavy atom. The summed E-state index contributed by atoms with van der Waals surface area (Å²) in [7, 11) is 0. The molecule has 27 heavy (non-hydrogen) atoms. The van der Waals surface area contributed by atoms with Gasteiger partial charge in [-0.3, -0.25) is 9.59 Å². The van der Waals surface area contributed by atoms with Crippen LogP contribution in [0.2, 0.25) is 0 Å². The van der Waals surface area contributed by atoms with E-state index >= 15 is 0 Å². The van der Waals surface area contributed by atoms with Gasteiger partial charge in [0.1, 0.15) is 25.6 Å². The summed E-state index contributed by atoms with van der Waals surface area (Å²) < 4.78 is 24.6. The first kappa shape index (κ1) is 18.7. The number of carbonyl (C=O) groups is 2. The lowest BCUT2D eigenvalue weighted by Crippen LogP contribution is -2.40. The standard InChI is InChI=1S/C20H21FN2O4/c1-14(24)23(16-6-7-18-19(12-16)27-11-10-26-18)13-20(25)22-9-8-15-4-2-3-5-17(15)21/h2-7,12H,8-11,13H2,1H3,(H,22,25). The molecule has 7 heteroatoms. The topological polar surface area (TPSA) is 67.9 Å². The number of anilines is 1. The molecule has 2 aromatic carbocycles. The van der Waals surface area contributed by atoms with Gasteiger partial charge in [0.25, 0.3) is 0 Å². The maximum atomic E-state index is 13.6. The average Bonchev–Trinajstić information content (AvgIpc) is 2.67. The van der Waals surface area contributed by atoms with E-state index in [4.69, 9.17) is 9.47 Å². The highest BCUT2D eigenvalue weighted by Gasteiger charge is 2.19. The van der Waals surface area contributed by atoms with Crippen LogP contribution in [0.1, 0.15) is 12.5 Å². The molecule has 0 bridgehead atoms. The van der Waals surface area contributed by atoms with Crippen LogP contribution in [-0.4, -0.2) is 38.1 Å². The van der Waals surface area contributed by atoms with Crippen molar-refractivity contribution in [2.45, 2.75) is 13.3 Å². The Hall–Kier alpha value is -3.09. The van der Waals surface area contributed by atoms with E-state index in [-0.39, 0.29) is 30.7 Å². The summed E-state index contributed by atoms with van der Waals surface area (Å²) in [5.41, 5.74) is 1.09. The molecule has 142 valence electrons. The monoisotopic (exact) mass is 372 g/mol. The second-order valence-electron chi connectivity index (χ2n) is 6.12. The Balaban J connectivity index is 1.60. The smallest absolute Gasteiger partial charge is 0.240 e. The molecule has 0 spiro atoms. The van der Waals surface area contributed by atoms with E-state index in [1.807, 2.05) is 0 Å². The molecule has 0 atom stereocenters. The van der Waals surface area contributed by atoms with Crippen LogP contribution in [-0.2, 0) is 16.0 Å². The van der Waals surface area contributed by atoms with E-state index in [1.54, 1.807) is 36.4 Å². The normalized spacial score (nSPS) is 12.4. The van der Waals surface area contributed by atoms with Gasteiger partial charge in [-0.15, -0.1) is 0 Å². The number of rotatable bonds is 6. The Labute approximate surface area is 156 Å². The van der Waals surface area contributed by atoms with Gasteiger partial charge in [0, 0.05) is 25.2 Å². The molecule has 1 N–H and O–H groups in total. The minimum absolute atomic E-state index is 0.133. The van der Waals surface area contributed by atoms with Gasteiger partial charge in [0.05, 0.1) is 0 Å². The Morgan fingerprint density at radius 1 is 1.11 bits per heavy atom. The summed E-state index contributed by atoms with van der Waals surface area (Å²) in [6, 6.07) is 11.5. The van der Waals surface area contributed by atoms with E-state index in [0.717, 1.165) is 0 Å². The third-order valence-electron chi connectivity index (χ3n) is 4.19. The number of hydrogen-bond acceptors (Lipinski definition) is 4. The van der Waals surface area contributed by atoms with Crippen LogP contribution in [0.3, 0.4) is 0 Å². The molecule has 2 aromatic rings. The first-order valence-corrected chi connectivity index (χ1v) is 8.72. The minimum Gasteiger partial charge on any atom is -0.486 e. The number of nitrogens with one attached hydrogen (secondary N) is 1. The van der Waals surface area contributed by atoms with Crippen LogP contribution >= 0.6 is 0 Å². The van der Waals surface area contributed by atoms with Gasteiger partial charge < -0.3 is 19.7 Å². The van der Waals surface area contributed by atoms with Crippen molar-refractivity contribution >= 4 is 17.5 Å². The van der Waals surface area contributed by atoms with Gasteiger partial charge in [-0.25, -0.2) is 4.39 Å². The van der Waals surface area contributed by atoms with Crippen molar-refractivity contribution in [3.63, 3.8) is 0 Å². The molecule has 0 fully saturated rings. The Kier molecular flexibility index (Phi) is 5.90. The third-order valence-corrected chi connectivity index (χ3v) is 4.19. The largest absolute Gasteiger partial charge is 0.486 e. The highest BCUT2D eigenvalue weighted by molar-refractivity contribution is 5.97. The molecule has 0 aliphatic carbocycles. The van der Waals surface area contributed by atoms with Crippen LogP contribution in [0.4, 0.5) is 10.1 Å². The first-order chi connectivity index (χ1) is 13.0. The van der Waals surface area contributed by atoms with Crippen LogP contribution < -0.4 is 19.7 Å². The molecular weight excluding hydrogens is 351 g/mol. The molecule has 2 amide bonds. The molecule has 0 saturated carbocycles. The van der Waals surface area contributed by atoms with Crippen molar-refractivity contribution in [3.05, 3.63) is 53.8 Å². The van der Waals surface area contributed by atoms with Crippen molar-refractivity contribution in [2.24, 2.45) is 0 Å². The minimum atomic E-state index is -0.323. The highest BCUT2D eigenvalue weighted by atomic mass is 19.1. The fourth-order valence-corrected chi connectivity index (χ4v) is 2.82. The van der Waals surface area contributed by atoms with Gasteiger partial charge >= 0.3 is 0 Å². The highest BCUT2D eigenvalue weighted by Crippen LogP contribution is 2.34. The predicted molar refractivity (Wildman–Crippen MR) is 98.6 cm³/mol. The first-order valence-electron chi connectivity index (χ1n) is 8.72. The van der Waals surface area contributed by atoms with Crippen LogP contribution in [0.5, 0.6) is 11.5 Å². The average molecular weight is 372 g/mol. The Bertz CT molecular complexity index is 840. The summed E-state index contributed by atoms with van der Waals surface area (Å²) in [5, 5.41) is 2.72. The number of benzene rings is 2. The number of carbonyl (C=O) groups excluding carboxylic acids is 2. The number of halogens is 1. The zero-order valence-corrected chi connectivity index (χ0v) is 15.0. The molecule has 3 rings (SSSR count). The quantitative estimate of drug-likeness (QED) is 0.845. The molecule has 6 nitrogen and oxygen atoms in total. The number of nitrogens with zero attached hydrogens (tertiary/aromatic N) is 1. The zero-order chi connectivity index (χ0) is 19.2. The van der Waals surface area contributed by atoms with Crippen LogP contribution in [0.25, 0.3) is 0 Å². The van der Waals surface area contributed by atoms with Crippen molar-refractivity contribution in [2.75, 3.05) is 31.2 Å². The fourth-order valence-electron chi connectivity index (χ4n) is 2.82. The van der Waals surface area contributed by atoms with Gasteiger partial charge in [-0.2, -0.15) is 0 Å². The Morgan fingerprint density at radius 2 is 1.85 bits per heavy atom. The van der Waals surface area contributed by atoms with Gasteiger partial charge in [0.2, 0.25) is 11.8 Å². The van der Waals surface area contributed by atoms with E-state index in [1.165, 1.54) is 17.9 Å². The molecule has 1 heterocycles. The molecule has 0 radical (unpaired) electrons. The SMILES string of the molecule is CC(=O)N(CC(=O)NCCc1ccccc1F)c1ccc2c(c1)OCCO2. The zero-order valence-electron chi connectivity index (χ0n) is 15.0. The number of hydrogen-bond donors (Lipinski definition) is 1. The summed E-state index contributed by atoms with van der Waals surface area (Å²) in [4.78, 5) is 25.6. The third kappa shape index (κ3) is 4.75. The summed E-state index contributed by atoms with van der Waals surface area (Å²) >= 11 is 0. The number of ether oxygens (including phenoxy) is 2. The molecule has 1 aliphatic rings. The van der Waals surface area contributed by atoms with Gasteiger partial charge in [-0.05, 0) is 30.2 Å². The maximum absolute atomic E-state index is 13.6. The summed E-state index contributed by atoms with van der Waals surface area (Å²) in [6.07, 6.45) is 0.377. The van der Waals surface area contributed by atoms with Gasteiger partial charge in [0.15, 0.2) is 11.5 Å². The number of fused-ring (bicyclic) bond motifs is 1. The molecule has 1 aliphatic heterocycles. The molecule has 0 saturated heterocycles. The van der Waals surface area contributed by atoms with Crippen molar-refractivity contribution < 1.29 is 23.5 Å². The van der Waals surface area contributed by atoms with Crippen LogP contribution in [0.15, 0.2) is 42.5 Å². The lowest BCUT2D eigenvalue weighted by molar-refractivity contribution is -0.123. The molecule has 0 unspecified atom stereocenters. The molecule has 0 aromatic heterocycles.